The number of morpholine rings is 1. The summed E-state index contributed by atoms with van der Waals surface area (Å²) in [7, 11) is 0. The van der Waals surface area contributed by atoms with Gasteiger partial charge in [-0.15, -0.1) is 0 Å². The van der Waals surface area contributed by atoms with Gasteiger partial charge in [0.25, 0.3) is 5.91 Å². The third-order valence-electron chi connectivity index (χ3n) is 3.64. The molecule has 1 amide bonds. The fraction of sp³-hybridized carbons (Fsp3) is 0.400. The van der Waals surface area contributed by atoms with Gasteiger partial charge in [0.15, 0.2) is 0 Å². The molecular weight excluding hydrogens is 276 g/mol. The van der Waals surface area contributed by atoms with Crippen molar-refractivity contribution in [3.8, 4) is 0 Å². The second-order valence-electron chi connectivity index (χ2n) is 4.91. The van der Waals surface area contributed by atoms with E-state index >= 15 is 0 Å². The molecule has 0 radical (unpaired) electrons. The Balaban J connectivity index is 1.80. The van der Waals surface area contributed by atoms with Crippen LogP contribution in [0.2, 0.25) is 5.02 Å². The molecule has 0 N–H and O–H groups in total. The van der Waals surface area contributed by atoms with Gasteiger partial charge in [-0.2, -0.15) is 0 Å². The van der Waals surface area contributed by atoms with Crippen molar-refractivity contribution in [3.63, 3.8) is 0 Å². The number of hydrogen-bond donors (Lipinski definition) is 0. The minimum atomic E-state index is 0.0699. The van der Waals surface area contributed by atoms with Crippen LogP contribution in [0.5, 0.6) is 0 Å². The zero-order valence-electron chi connectivity index (χ0n) is 11.2. The molecule has 2 aliphatic heterocycles. The number of ether oxygens (including phenoxy) is 1. The van der Waals surface area contributed by atoms with Crippen LogP contribution >= 0.6 is 11.6 Å². The van der Waals surface area contributed by atoms with Crippen molar-refractivity contribution in [1.29, 1.82) is 0 Å². The molecule has 0 unspecified atom stereocenters. The number of amides is 1. The Hall–Kier alpha value is -1.52. The normalized spacial score (nSPS) is 20.1. The Morgan fingerprint density at radius 1 is 1.05 bits per heavy atom. The Bertz CT molecular complexity index is 521. The van der Waals surface area contributed by atoms with Crippen molar-refractivity contribution in [1.82, 2.24) is 4.90 Å². The molecule has 20 heavy (non-hydrogen) atoms. The molecule has 4 nitrogen and oxygen atoms in total. The van der Waals surface area contributed by atoms with E-state index in [0.717, 1.165) is 30.9 Å². The molecule has 1 aromatic rings. The van der Waals surface area contributed by atoms with Crippen LogP contribution in [0.25, 0.3) is 0 Å². The van der Waals surface area contributed by atoms with E-state index in [1.54, 1.807) is 0 Å². The molecule has 1 aromatic carbocycles. The highest BCUT2D eigenvalue weighted by molar-refractivity contribution is 6.30. The second-order valence-corrected chi connectivity index (χ2v) is 5.35. The van der Waals surface area contributed by atoms with Crippen LogP contribution in [-0.4, -0.2) is 43.7 Å². The average Bonchev–Trinajstić information content (AvgIpc) is 2.49. The maximum Gasteiger partial charge on any atom is 0.274 e. The topological polar surface area (TPSA) is 32.8 Å². The molecule has 0 aromatic heterocycles. The van der Waals surface area contributed by atoms with Crippen LogP contribution in [0.1, 0.15) is 6.42 Å². The van der Waals surface area contributed by atoms with E-state index in [-0.39, 0.29) is 5.91 Å². The Kier molecular flexibility index (Phi) is 3.94. The number of benzene rings is 1. The monoisotopic (exact) mass is 292 g/mol. The molecule has 106 valence electrons. The summed E-state index contributed by atoms with van der Waals surface area (Å²) in [6.07, 6.45) is 2.92. The molecule has 0 aliphatic carbocycles. The highest BCUT2D eigenvalue weighted by atomic mass is 35.5. The third kappa shape index (κ3) is 2.67. The number of nitrogens with zero attached hydrogens (tertiary/aromatic N) is 2. The van der Waals surface area contributed by atoms with Crippen molar-refractivity contribution in [2.75, 3.05) is 37.7 Å². The van der Waals surface area contributed by atoms with Crippen LogP contribution in [0.3, 0.4) is 0 Å². The van der Waals surface area contributed by atoms with Gasteiger partial charge in [0.1, 0.15) is 0 Å². The van der Waals surface area contributed by atoms with Crippen molar-refractivity contribution < 1.29 is 9.53 Å². The first-order valence-electron chi connectivity index (χ1n) is 6.86. The lowest BCUT2D eigenvalue weighted by molar-refractivity contribution is -0.117. The van der Waals surface area contributed by atoms with Gasteiger partial charge in [0.05, 0.1) is 18.9 Å². The summed E-state index contributed by atoms with van der Waals surface area (Å²) in [6, 6.07) is 7.42. The van der Waals surface area contributed by atoms with Crippen LogP contribution in [0.4, 0.5) is 5.69 Å². The predicted octanol–water partition coefficient (Wildman–Crippen LogP) is 2.29. The zero-order chi connectivity index (χ0) is 13.9. The number of halogens is 1. The number of carbonyl (C=O) groups is 1. The maximum absolute atomic E-state index is 12.7. The molecule has 0 saturated carbocycles. The minimum absolute atomic E-state index is 0.0699. The molecule has 0 bridgehead atoms. The van der Waals surface area contributed by atoms with E-state index in [4.69, 9.17) is 16.3 Å². The van der Waals surface area contributed by atoms with Gasteiger partial charge in [0, 0.05) is 30.3 Å². The molecule has 0 atom stereocenters. The van der Waals surface area contributed by atoms with Crippen molar-refractivity contribution in [2.24, 2.45) is 0 Å². The molecule has 1 saturated heterocycles. The fourth-order valence-electron chi connectivity index (χ4n) is 2.59. The quantitative estimate of drug-likeness (QED) is 0.838. The molecule has 2 aliphatic rings. The van der Waals surface area contributed by atoms with Gasteiger partial charge < -0.3 is 14.5 Å². The van der Waals surface area contributed by atoms with Crippen LogP contribution in [-0.2, 0) is 9.53 Å². The summed E-state index contributed by atoms with van der Waals surface area (Å²) in [5.74, 6) is 0.0699. The van der Waals surface area contributed by atoms with Gasteiger partial charge >= 0.3 is 0 Å². The van der Waals surface area contributed by atoms with Crippen molar-refractivity contribution in [2.45, 2.75) is 6.42 Å². The van der Waals surface area contributed by atoms with Gasteiger partial charge in [-0.25, -0.2) is 0 Å². The SMILES string of the molecule is O=C1C(N2CCOCC2)=CCCN1c1ccc(Cl)cc1. The first kappa shape index (κ1) is 13.5. The lowest BCUT2D eigenvalue weighted by atomic mass is 10.1. The molecule has 3 rings (SSSR count). The summed E-state index contributed by atoms with van der Waals surface area (Å²) >= 11 is 5.90. The smallest absolute Gasteiger partial charge is 0.274 e. The third-order valence-corrected chi connectivity index (χ3v) is 3.90. The van der Waals surface area contributed by atoms with Crippen LogP contribution in [0, 0.1) is 0 Å². The number of rotatable bonds is 2. The largest absolute Gasteiger partial charge is 0.378 e. The molecule has 2 heterocycles. The van der Waals surface area contributed by atoms with Crippen LogP contribution in [0.15, 0.2) is 36.0 Å². The van der Waals surface area contributed by atoms with Crippen molar-refractivity contribution in [3.05, 3.63) is 41.1 Å². The first-order valence-corrected chi connectivity index (χ1v) is 7.24. The first-order chi connectivity index (χ1) is 9.75. The van der Waals surface area contributed by atoms with Gasteiger partial charge in [-0.3, -0.25) is 4.79 Å². The van der Waals surface area contributed by atoms with Gasteiger partial charge in [-0.1, -0.05) is 17.7 Å². The minimum Gasteiger partial charge on any atom is -0.378 e. The van der Waals surface area contributed by atoms with Gasteiger partial charge in [0.2, 0.25) is 0 Å². The van der Waals surface area contributed by atoms with E-state index in [0.29, 0.717) is 24.8 Å². The van der Waals surface area contributed by atoms with E-state index < -0.39 is 0 Å². The lowest BCUT2D eigenvalue weighted by Gasteiger charge is -2.35. The average molecular weight is 293 g/mol. The molecule has 1 fully saturated rings. The highest BCUT2D eigenvalue weighted by Crippen LogP contribution is 2.24. The fourth-order valence-corrected chi connectivity index (χ4v) is 2.72. The Morgan fingerprint density at radius 3 is 2.45 bits per heavy atom. The van der Waals surface area contributed by atoms with Crippen molar-refractivity contribution >= 4 is 23.2 Å². The summed E-state index contributed by atoms with van der Waals surface area (Å²) in [5.41, 5.74) is 1.70. The summed E-state index contributed by atoms with van der Waals surface area (Å²) < 4.78 is 5.34. The van der Waals surface area contributed by atoms with Gasteiger partial charge in [-0.05, 0) is 30.7 Å². The Labute approximate surface area is 123 Å². The van der Waals surface area contributed by atoms with E-state index in [2.05, 4.69) is 4.90 Å². The number of hydrogen-bond acceptors (Lipinski definition) is 3. The standard InChI is InChI=1S/C15H17ClN2O2/c16-12-3-5-13(6-4-12)18-7-1-2-14(15(18)19)17-8-10-20-11-9-17/h2-6H,1,7-11H2. The second kappa shape index (κ2) is 5.85. The molecule has 5 heteroatoms. The highest BCUT2D eigenvalue weighted by Gasteiger charge is 2.27. The lowest BCUT2D eigenvalue weighted by Crippen LogP contribution is -2.45. The van der Waals surface area contributed by atoms with Crippen LogP contribution < -0.4 is 4.90 Å². The Morgan fingerprint density at radius 2 is 1.75 bits per heavy atom. The predicted molar refractivity (Wildman–Crippen MR) is 78.9 cm³/mol. The molecular formula is C15H17ClN2O2. The summed E-state index contributed by atoms with van der Waals surface area (Å²) in [5, 5.41) is 0.683. The molecule has 0 spiro atoms. The summed E-state index contributed by atoms with van der Waals surface area (Å²) in [6.45, 7) is 3.66. The number of anilines is 1. The van der Waals surface area contributed by atoms with E-state index in [1.807, 2.05) is 35.2 Å². The zero-order valence-corrected chi connectivity index (χ0v) is 12.0. The number of carbonyl (C=O) groups excluding carboxylic acids is 1. The maximum atomic E-state index is 12.7. The summed E-state index contributed by atoms with van der Waals surface area (Å²) in [4.78, 5) is 16.6. The van der Waals surface area contributed by atoms with E-state index in [9.17, 15) is 4.79 Å². The van der Waals surface area contributed by atoms with E-state index in [1.165, 1.54) is 0 Å².